The van der Waals surface area contributed by atoms with E-state index in [-0.39, 0.29) is 5.69 Å². The molecule has 2 aromatic rings. The van der Waals surface area contributed by atoms with E-state index in [0.717, 1.165) is 38.4 Å². The van der Waals surface area contributed by atoms with Crippen molar-refractivity contribution in [3.05, 3.63) is 68.7 Å². The van der Waals surface area contributed by atoms with E-state index in [0.29, 0.717) is 17.3 Å². The Labute approximate surface area is 151 Å². The maximum absolute atomic E-state index is 11.2. The molecule has 132 valence electrons. The van der Waals surface area contributed by atoms with Gasteiger partial charge in [0.15, 0.2) is 0 Å². The largest absolute Gasteiger partial charge is 0.379 e. The average molecular weight is 362 g/mol. The van der Waals surface area contributed by atoms with Gasteiger partial charge in [0.1, 0.15) is 5.69 Å². The van der Waals surface area contributed by atoms with E-state index in [1.54, 1.807) is 12.1 Å². The molecule has 25 heavy (non-hydrogen) atoms. The summed E-state index contributed by atoms with van der Waals surface area (Å²) >= 11 is 5.86. The van der Waals surface area contributed by atoms with Crippen LogP contribution in [0, 0.1) is 10.1 Å². The topological polar surface area (TPSA) is 67.6 Å². The monoisotopic (exact) mass is 361 g/mol. The van der Waals surface area contributed by atoms with Crippen LogP contribution in [0.2, 0.25) is 5.02 Å². The normalized spacial score (nSPS) is 15.1. The lowest BCUT2D eigenvalue weighted by molar-refractivity contribution is -0.383. The van der Waals surface area contributed by atoms with Crippen molar-refractivity contribution in [2.45, 2.75) is 13.1 Å². The minimum atomic E-state index is -0.423. The first-order valence-electron chi connectivity index (χ1n) is 8.18. The van der Waals surface area contributed by atoms with Crippen molar-refractivity contribution in [3.8, 4) is 0 Å². The van der Waals surface area contributed by atoms with Crippen molar-refractivity contribution < 1.29 is 9.66 Å². The molecule has 2 aromatic carbocycles. The highest BCUT2D eigenvalue weighted by Crippen LogP contribution is 2.28. The van der Waals surface area contributed by atoms with Gasteiger partial charge in [-0.05, 0) is 23.3 Å². The molecule has 0 aliphatic carbocycles. The predicted molar refractivity (Wildman–Crippen MR) is 98.0 cm³/mol. The lowest BCUT2D eigenvalue weighted by Crippen LogP contribution is -2.35. The second-order valence-corrected chi connectivity index (χ2v) is 6.37. The Morgan fingerprint density at radius 1 is 1.16 bits per heavy atom. The molecule has 1 saturated heterocycles. The highest BCUT2D eigenvalue weighted by atomic mass is 35.5. The predicted octanol–water partition coefficient (Wildman–Crippen LogP) is 3.69. The minimum Gasteiger partial charge on any atom is -0.379 e. The number of rotatable bonds is 6. The van der Waals surface area contributed by atoms with Crippen LogP contribution in [-0.4, -0.2) is 36.1 Å². The number of nitro groups is 1. The fraction of sp³-hybridized carbons (Fsp3) is 0.333. The van der Waals surface area contributed by atoms with E-state index in [2.05, 4.69) is 16.3 Å². The standard InChI is InChI=1S/C18H20ClN3O3/c19-16-5-6-17(18(11-16)22(23)24)20-12-14-3-1-2-4-15(14)13-21-7-9-25-10-8-21/h1-6,11,20H,7-10,12-13H2. The number of benzene rings is 2. The van der Waals surface area contributed by atoms with Crippen molar-refractivity contribution in [1.82, 2.24) is 4.90 Å². The lowest BCUT2D eigenvalue weighted by atomic mass is 10.1. The van der Waals surface area contributed by atoms with Crippen LogP contribution in [0.3, 0.4) is 0 Å². The Kier molecular flexibility index (Phi) is 5.86. The maximum atomic E-state index is 11.2. The molecular formula is C18H20ClN3O3. The Bertz CT molecular complexity index is 748. The lowest BCUT2D eigenvalue weighted by Gasteiger charge is -2.27. The van der Waals surface area contributed by atoms with Gasteiger partial charge in [0.25, 0.3) is 5.69 Å². The van der Waals surface area contributed by atoms with Gasteiger partial charge in [0.05, 0.1) is 18.1 Å². The molecule has 6 nitrogen and oxygen atoms in total. The number of ether oxygens (including phenoxy) is 1. The van der Waals surface area contributed by atoms with Gasteiger partial charge in [-0.2, -0.15) is 0 Å². The SMILES string of the molecule is O=[N+]([O-])c1cc(Cl)ccc1NCc1ccccc1CN1CCOCC1. The van der Waals surface area contributed by atoms with Crippen LogP contribution >= 0.6 is 11.6 Å². The first kappa shape index (κ1) is 17.7. The van der Waals surface area contributed by atoms with Crippen LogP contribution in [0.1, 0.15) is 11.1 Å². The molecule has 1 N–H and O–H groups in total. The summed E-state index contributed by atoms with van der Waals surface area (Å²) in [6.45, 7) is 4.73. The van der Waals surface area contributed by atoms with Gasteiger partial charge in [0.2, 0.25) is 0 Å². The van der Waals surface area contributed by atoms with Gasteiger partial charge < -0.3 is 10.1 Å². The summed E-state index contributed by atoms with van der Waals surface area (Å²) in [6.07, 6.45) is 0. The summed E-state index contributed by atoms with van der Waals surface area (Å²) < 4.78 is 5.39. The molecule has 7 heteroatoms. The van der Waals surface area contributed by atoms with Crippen molar-refractivity contribution in [3.63, 3.8) is 0 Å². The third kappa shape index (κ3) is 4.69. The summed E-state index contributed by atoms with van der Waals surface area (Å²) in [5.41, 5.74) is 2.79. The molecule has 0 aromatic heterocycles. The molecule has 0 bridgehead atoms. The summed E-state index contributed by atoms with van der Waals surface area (Å²) in [6, 6.07) is 12.8. The molecule has 0 atom stereocenters. The van der Waals surface area contributed by atoms with Crippen molar-refractivity contribution in [1.29, 1.82) is 0 Å². The van der Waals surface area contributed by atoms with Crippen LogP contribution in [0.15, 0.2) is 42.5 Å². The Balaban J connectivity index is 1.72. The van der Waals surface area contributed by atoms with Gasteiger partial charge >= 0.3 is 0 Å². The molecule has 3 rings (SSSR count). The fourth-order valence-corrected chi connectivity index (χ4v) is 3.05. The number of morpholine rings is 1. The molecule has 1 fully saturated rings. The van der Waals surface area contributed by atoms with Gasteiger partial charge in [-0.1, -0.05) is 35.9 Å². The van der Waals surface area contributed by atoms with Crippen molar-refractivity contribution in [2.24, 2.45) is 0 Å². The number of nitrogens with one attached hydrogen (secondary N) is 1. The van der Waals surface area contributed by atoms with E-state index >= 15 is 0 Å². The number of hydrogen-bond acceptors (Lipinski definition) is 5. The Morgan fingerprint density at radius 3 is 2.60 bits per heavy atom. The van der Waals surface area contributed by atoms with E-state index in [1.165, 1.54) is 11.6 Å². The summed E-state index contributed by atoms with van der Waals surface area (Å²) in [5, 5.41) is 14.7. The Hall–Kier alpha value is -2.15. The molecule has 0 amide bonds. The van der Waals surface area contributed by atoms with Gasteiger partial charge in [-0.15, -0.1) is 0 Å². The zero-order valence-electron chi connectivity index (χ0n) is 13.8. The van der Waals surface area contributed by atoms with Gasteiger partial charge in [-0.25, -0.2) is 0 Å². The van der Waals surface area contributed by atoms with Gasteiger partial charge in [0, 0.05) is 37.3 Å². The van der Waals surface area contributed by atoms with Crippen molar-refractivity contribution in [2.75, 3.05) is 31.6 Å². The van der Waals surface area contributed by atoms with Crippen LogP contribution in [0.5, 0.6) is 0 Å². The van der Waals surface area contributed by atoms with Crippen molar-refractivity contribution >= 4 is 23.0 Å². The van der Waals surface area contributed by atoms with E-state index in [9.17, 15) is 10.1 Å². The highest BCUT2D eigenvalue weighted by Gasteiger charge is 2.16. The first-order chi connectivity index (χ1) is 12.1. The minimum absolute atomic E-state index is 0.0156. The molecule has 0 saturated carbocycles. The smallest absolute Gasteiger partial charge is 0.293 e. The molecule has 0 radical (unpaired) electrons. The zero-order chi connectivity index (χ0) is 17.6. The zero-order valence-corrected chi connectivity index (χ0v) is 14.5. The summed E-state index contributed by atoms with van der Waals surface area (Å²) in [5.74, 6) is 0. The number of nitro benzene ring substituents is 1. The number of nitrogens with zero attached hydrogens (tertiary/aromatic N) is 2. The fourth-order valence-electron chi connectivity index (χ4n) is 2.88. The van der Waals surface area contributed by atoms with E-state index in [4.69, 9.17) is 16.3 Å². The summed E-state index contributed by atoms with van der Waals surface area (Å²) in [7, 11) is 0. The maximum Gasteiger partial charge on any atom is 0.293 e. The number of halogens is 1. The Morgan fingerprint density at radius 2 is 1.88 bits per heavy atom. The molecule has 0 unspecified atom stereocenters. The quantitative estimate of drug-likeness (QED) is 0.627. The second kappa shape index (κ2) is 8.29. The number of hydrogen-bond donors (Lipinski definition) is 1. The average Bonchev–Trinajstić information content (AvgIpc) is 2.62. The first-order valence-corrected chi connectivity index (χ1v) is 8.56. The molecule has 0 spiro atoms. The highest BCUT2D eigenvalue weighted by molar-refractivity contribution is 6.30. The van der Waals surface area contributed by atoms with Gasteiger partial charge in [-0.3, -0.25) is 15.0 Å². The van der Waals surface area contributed by atoms with Crippen LogP contribution in [0.4, 0.5) is 11.4 Å². The third-order valence-electron chi connectivity index (χ3n) is 4.24. The molecule has 1 aliphatic rings. The molecule has 1 heterocycles. The summed E-state index contributed by atoms with van der Waals surface area (Å²) in [4.78, 5) is 13.1. The number of anilines is 1. The molecule has 1 aliphatic heterocycles. The van der Waals surface area contributed by atoms with E-state index < -0.39 is 4.92 Å². The van der Waals surface area contributed by atoms with E-state index in [1.807, 2.05) is 18.2 Å². The molecular weight excluding hydrogens is 342 g/mol. The second-order valence-electron chi connectivity index (χ2n) is 5.93. The van der Waals surface area contributed by atoms with Crippen LogP contribution < -0.4 is 5.32 Å². The van der Waals surface area contributed by atoms with Crippen LogP contribution in [0.25, 0.3) is 0 Å². The third-order valence-corrected chi connectivity index (χ3v) is 4.48. The van der Waals surface area contributed by atoms with Crippen LogP contribution in [-0.2, 0) is 17.8 Å².